The van der Waals surface area contributed by atoms with E-state index in [2.05, 4.69) is 31.2 Å². The summed E-state index contributed by atoms with van der Waals surface area (Å²) in [5.41, 5.74) is 1.03. The van der Waals surface area contributed by atoms with Crippen molar-refractivity contribution in [3.8, 4) is 0 Å². The van der Waals surface area contributed by atoms with Gasteiger partial charge in [0.2, 0.25) is 0 Å². The van der Waals surface area contributed by atoms with Crippen LogP contribution in [0.25, 0.3) is 0 Å². The van der Waals surface area contributed by atoms with Crippen molar-refractivity contribution in [3.05, 3.63) is 46.7 Å². The lowest BCUT2D eigenvalue weighted by Gasteiger charge is -2.15. The van der Waals surface area contributed by atoms with Gasteiger partial charge in [0, 0.05) is 36.5 Å². The van der Waals surface area contributed by atoms with Gasteiger partial charge in [-0.1, -0.05) is 0 Å². The standard InChI is InChI=1S/C12H15BrN4/c1-14-11(7-12-15-5-6-17(12)2)10-4-3-9(13)8-16-10/h3-6,8,11,14H,7H2,1-2H3. The van der Waals surface area contributed by atoms with Crippen LogP contribution < -0.4 is 5.32 Å². The van der Waals surface area contributed by atoms with Crippen molar-refractivity contribution in [1.82, 2.24) is 19.9 Å². The molecule has 0 aliphatic rings. The Kier molecular flexibility index (Phi) is 3.91. The highest BCUT2D eigenvalue weighted by Crippen LogP contribution is 2.17. The average Bonchev–Trinajstić information content (AvgIpc) is 2.73. The predicted molar refractivity (Wildman–Crippen MR) is 70.6 cm³/mol. The quantitative estimate of drug-likeness (QED) is 0.939. The average molecular weight is 295 g/mol. The maximum absolute atomic E-state index is 4.41. The van der Waals surface area contributed by atoms with Crippen LogP contribution in [0.2, 0.25) is 0 Å². The molecule has 2 aromatic heterocycles. The lowest BCUT2D eigenvalue weighted by molar-refractivity contribution is 0.550. The molecule has 2 aromatic rings. The van der Waals surface area contributed by atoms with Crippen LogP contribution in [-0.2, 0) is 13.5 Å². The van der Waals surface area contributed by atoms with Crippen LogP contribution in [0.15, 0.2) is 35.2 Å². The van der Waals surface area contributed by atoms with Gasteiger partial charge in [-0.2, -0.15) is 0 Å². The van der Waals surface area contributed by atoms with Crippen molar-refractivity contribution < 1.29 is 0 Å². The summed E-state index contributed by atoms with van der Waals surface area (Å²) in [4.78, 5) is 8.75. The Morgan fingerprint density at radius 3 is 2.76 bits per heavy atom. The van der Waals surface area contributed by atoms with Crippen LogP contribution in [-0.4, -0.2) is 21.6 Å². The fourth-order valence-corrected chi connectivity index (χ4v) is 1.96. The number of nitrogens with zero attached hydrogens (tertiary/aromatic N) is 3. The van der Waals surface area contributed by atoms with Crippen molar-refractivity contribution in [1.29, 1.82) is 0 Å². The van der Waals surface area contributed by atoms with E-state index in [1.54, 1.807) is 0 Å². The van der Waals surface area contributed by atoms with Gasteiger partial charge in [-0.05, 0) is 35.1 Å². The number of hydrogen-bond donors (Lipinski definition) is 1. The lowest BCUT2D eigenvalue weighted by Crippen LogP contribution is -2.21. The molecule has 0 radical (unpaired) electrons. The van der Waals surface area contributed by atoms with Gasteiger partial charge in [0.25, 0.3) is 0 Å². The molecule has 4 nitrogen and oxygen atoms in total. The van der Waals surface area contributed by atoms with Gasteiger partial charge >= 0.3 is 0 Å². The first kappa shape index (κ1) is 12.3. The summed E-state index contributed by atoms with van der Waals surface area (Å²) in [5, 5.41) is 3.27. The number of nitrogens with one attached hydrogen (secondary N) is 1. The van der Waals surface area contributed by atoms with Gasteiger partial charge in [-0.25, -0.2) is 4.98 Å². The molecule has 1 N–H and O–H groups in total. The van der Waals surface area contributed by atoms with Crippen molar-refractivity contribution in [2.75, 3.05) is 7.05 Å². The summed E-state index contributed by atoms with van der Waals surface area (Å²) in [7, 11) is 3.95. The molecule has 1 atom stereocenters. The SMILES string of the molecule is CNC(Cc1nccn1C)c1ccc(Br)cn1. The van der Waals surface area contributed by atoms with Gasteiger partial charge in [-0.15, -0.1) is 0 Å². The fourth-order valence-electron chi connectivity index (χ4n) is 1.72. The minimum atomic E-state index is 0.184. The summed E-state index contributed by atoms with van der Waals surface area (Å²) in [6, 6.07) is 4.21. The number of likely N-dealkylation sites (N-methyl/N-ethyl adjacent to an activating group) is 1. The summed E-state index contributed by atoms with van der Waals surface area (Å²) in [5.74, 6) is 1.05. The number of halogens is 1. The number of rotatable bonds is 4. The molecule has 0 aromatic carbocycles. The molecule has 0 bridgehead atoms. The van der Waals surface area contributed by atoms with E-state index in [-0.39, 0.29) is 6.04 Å². The molecular formula is C12H15BrN4. The summed E-state index contributed by atoms with van der Waals surface area (Å²) in [6.07, 6.45) is 6.42. The van der Waals surface area contributed by atoms with Crippen LogP contribution in [0.3, 0.4) is 0 Å². The summed E-state index contributed by atoms with van der Waals surface area (Å²) < 4.78 is 3.02. The van der Waals surface area contributed by atoms with E-state index in [1.807, 2.05) is 49.4 Å². The zero-order chi connectivity index (χ0) is 12.3. The Morgan fingerprint density at radius 2 is 2.24 bits per heavy atom. The van der Waals surface area contributed by atoms with E-state index < -0.39 is 0 Å². The summed E-state index contributed by atoms with van der Waals surface area (Å²) >= 11 is 3.39. The van der Waals surface area contributed by atoms with E-state index in [1.165, 1.54) is 0 Å². The molecule has 0 saturated heterocycles. The van der Waals surface area contributed by atoms with Gasteiger partial charge in [-0.3, -0.25) is 4.98 Å². The maximum Gasteiger partial charge on any atom is 0.110 e. The highest BCUT2D eigenvalue weighted by Gasteiger charge is 2.13. The molecule has 0 aliphatic heterocycles. The number of hydrogen-bond acceptors (Lipinski definition) is 3. The first-order valence-electron chi connectivity index (χ1n) is 5.45. The Balaban J connectivity index is 2.17. The van der Waals surface area contributed by atoms with Crippen molar-refractivity contribution in [2.24, 2.45) is 7.05 Å². The third kappa shape index (κ3) is 2.92. The smallest absolute Gasteiger partial charge is 0.110 e. The number of aryl methyl sites for hydroxylation is 1. The third-order valence-corrected chi connectivity index (χ3v) is 3.23. The zero-order valence-electron chi connectivity index (χ0n) is 9.89. The Morgan fingerprint density at radius 1 is 1.41 bits per heavy atom. The van der Waals surface area contributed by atoms with Crippen LogP contribution >= 0.6 is 15.9 Å². The van der Waals surface area contributed by atoms with E-state index >= 15 is 0 Å². The van der Waals surface area contributed by atoms with E-state index in [4.69, 9.17) is 0 Å². The molecule has 0 amide bonds. The molecule has 1 unspecified atom stereocenters. The minimum Gasteiger partial charge on any atom is -0.338 e. The molecule has 17 heavy (non-hydrogen) atoms. The van der Waals surface area contributed by atoms with Crippen molar-refractivity contribution >= 4 is 15.9 Å². The van der Waals surface area contributed by atoms with Gasteiger partial charge in [0.15, 0.2) is 0 Å². The zero-order valence-corrected chi connectivity index (χ0v) is 11.5. The second kappa shape index (κ2) is 5.42. The van der Waals surface area contributed by atoms with Gasteiger partial charge in [0.05, 0.1) is 11.7 Å². The van der Waals surface area contributed by atoms with Crippen molar-refractivity contribution in [3.63, 3.8) is 0 Å². The first-order chi connectivity index (χ1) is 8.20. The molecule has 2 heterocycles. The molecule has 0 fully saturated rings. The minimum absolute atomic E-state index is 0.184. The molecule has 0 saturated carbocycles. The Hall–Kier alpha value is -1.20. The van der Waals surface area contributed by atoms with Crippen LogP contribution in [0, 0.1) is 0 Å². The molecule has 2 rings (SSSR count). The molecular weight excluding hydrogens is 280 g/mol. The largest absolute Gasteiger partial charge is 0.338 e. The molecule has 0 aliphatic carbocycles. The summed E-state index contributed by atoms with van der Waals surface area (Å²) in [6.45, 7) is 0. The molecule has 5 heteroatoms. The second-order valence-electron chi connectivity index (χ2n) is 3.90. The molecule has 0 spiro atoms. The fraction of sp³-hybridized carbons (Fsp3) is 0.333. The first-order valence-corrected chi connectivity index (χ1v) is 6.25. The highest BCUT2D eigenvalue weighted by molar-refractivity contribution is 9.10. The second-order valence-corrected chi connectivity index (χ2v) is 4.82. The third-order valence-electron chi connectivity index (χ3n) is 2.76. The number of aromatic nitrogens is 3. The predicted octanol–water partition coefficient (Wildman–Crippen LogP) is 2.08. The normalized spacial score (nSPS) is 12.6. The number of pyridine rings is 1. The highest BCUT2D eigenvalue weighted by atomic mass is 79.9. The lowest BCUT2D eigenvalue weighted by atomic mass is 10.1. The monoisotopic (exact) mass is 294 g/mol. The van der Waals surface area contributed by atoms with Crippen LogP contribution in [0.5, 0.6) is 0 Å². The topological polar surface area (TPSA) is 42.7 Å². The van der Waals surface area contributed by atoms with Crippen molar-refractivity contribution in [2.45, 2.75) is 12.5 Å². The van der Waals surface area contributed by atoms with Gasteiger partial charge in [0.1, 0.15) is 5.82 Å². The van der Waals surface area contributed by atoms with E-state index in [9.17, 15) is 0 Å². The maximum atomic E-state index is 4.41. The van der Waals surface area contributed by atoms with E-state index in [0.717, 1.165) is 22.4 Å². The number of imidazole rings is 1. The van der Waals surface area contributed by atoms with E-state index in [0.29, 0.717) is 0 Å². The van der Waals surface area contributed by atoms with Gasteiger partial charge < -0.3 is 9.88 Å². The van der Waals surface area contributed by atoms with Crippen LogP contribution in [0.1, 0.15) is 17.6 Å². The van der Waals surface area contributed by atoms with Crippen LogP contribution in [0.4, 0.5) is 0 Å². The molecule has 90 valence electrons. The Bertz CT molecular complexity index is 478. The Labute approximate surface area is 109 Å².